The van der Waals surface area contributed by atoms with E-state index in [1.807, 2.05) is 48.5 Å². The quantitative estimate of drug-likeness (QED) is 0.689. The monoisotopic (exact) mass is 385 g/mol. The Morgan fingerprint density at radius 3 is 1.48 bits per heavy atom. The van der Waals surface area contributed by atoms with Crippen molar-refractivity contribution >= 4 is 43.3 Å². The van der Waals surface area contributed by atoms with Gasteiger partial charge in [0.15, 0.2) is 21.5 Å². The maximum Gasteiger partial charge on any atom is 0.335 e. The molecule has 0 spiro atoms. The van der Waals surface area contributed by atoms with Crippen molar-refractivity contribution in [2.75, 3.05) is 0 Å². The summed E-state index contributed by atoms with van der Waals surface area (Å²) in [6.45, 7) is 0. The van der Waals surface area contributed by atoms with Gasteiger partial charge < -0.3 is 5.11 Å². The van der Waals surface area contributed by atoms with Crippen molar-refractivity contribution in [1.82, 2.24) is 0 Å². The number of aromatic carboxylic acids is 1. The number of carboxylic acid groups (broad SMARTS) is 1. The largest absolute Gasteiger partial charge is 0.478 e. The average Bonchev–Trinajstić information content (AvgIpc) is 2.62. The molecule has 0 aliphatic carbocycles. The first-order valence-corrected chi connectivity index (χ1v) is 11.0. The summed E-state index contributed by atoms with van der Waals surface area (Å²) in [4.78, 5) is 11.1. The maximum absolute atomic E-state index is 11.1. The molecule has 0 unspecified atom stereocenters. The fraction of sp³-hybridized carbons (Fsp3) is 0. The van der Waals surface area contributed by atoms with E-state index in [1.165, 1.54) is 10.6 Å². The molecule has 0 aliphatic rings. The Kier molecular flexibility index (Phi) is 4.61. The van der Waals surface area contributed by atoms with E-state index in [2.05, 4.69) is 39.8 Å². The molecule has 0 heterocycles. The van der Waals surface area contributed by atoms with E-state index in [0.717, 1.165) is 5.30 Å². The smallest absolute Gasteiger partial charge is 0.335 e. The van der Waals surface area contributed by atoms with Gasteiger partial charge >= 0.3 is 5.97 Å². The zero-order valence-corrected chi connectivity index (χ0v) is 14.7. The zero-order chi connectivity index (χ0) is 16.3. The molecule has 0 amide bonds. The van der Waals surface area contributed by atoms with Gasteiger partial charge in [-0.25, -0.2) is 4.79 Å². The van der Waals surface area contributed by atoms with Gasteiger partial charge in [0.05, 0.1) is 5.56 Å². The molecule has 0 saturated carbocycles. The summed E-state index contributed by atoms with van der Waals surface area (Å²) < 4.78 is 0. The molecule has 23 heavy (non-hydrogen) atoms. The first-order valence-electron chi connectivity index (χ1n) is 7.16. The number of halogens is 1. The van der Waals surface area contributed by atoms with Gasteiger partial charge in [0.25, 0.3) is 0 Å². The minimum absolute atomic E-state index is 0.300. The predicted octanol–water partition coefficient (Wildman–Crippen LogP) is 3.99. The summed E-state index contributed by atoms with van der Waals surface area (Å²) in [5.41, 5.74) is 0.300. The van der Waals surface area contributed by atoms with Crippen molar-refractivity contribution in [1.29, 1.82) is 0 Å². The van der Waals surface area contributed by atoms with Crippen molar-refractivity contribution in [3.05, 3.63) is 90.5 Å². The van der Waals surface area contributed by atoms with Crippen molar-refractivity contribution < 1.29 is 9.90 Å². The van der Waals surface area contributed by atoms with Crippen LogP contribution in [0.15, 0.2) is 84.9 Å². The number of benzene rings is 3. The fourth-order valence-corrected chi connectivity index (χ4v) is 7.27. The second kappa shape index (κ2) is 6.66. The summed E-state index contributed by atoms with van der Waals surface area (Å²) in [6.07, 6.45) is 0. The number of carbonyl (C=O) groups is 1. The number of carboxylic acids is 1. The standard InChI is InChI=1S/C19H14BrO2P/c20-23(16-7-3-1-4-8-16,17-9-5-2-6-10-17)18-13-11-15(12-14-18)19(21)22/h1-14H/p+1. The lowest BCUT2D eigenvalue weighted by molar-refractivity contribution is 0.0697. The van der Waals surface area contributed by atoms with Crippen LogP contribution < -0.4 is 15.9 Å². The molecule has 2 nitrogen and oxygen atoms in total. The van der Waals surface area contributed by atoms with Gasteiger partial charge in [-0.15, -0.1) is 0 Å². The van der Waals surface area contributed by atoms with E-state index >= 15 is 0 Å². The third kappa shape index (κ3) is 3.08. The lowest BCUT2D eigenvalue weighted by Gasteiger charge is -2.20. The SMILES string of the molecule is O=C(O)c1ccc([P+](Br)(c2ccccc2)c2ccccc2)cc1. The van der Waals surface area contributed by atoms with Crippen LogP contribution >= 0.6 is 21.5 Å². The van der Waals surface area contributed by atoms with Gasteiger partial charge in [0.1, 0.15) is 15.9 Å². The van der Waals surface area contributed by atoms with E-state index in [1.54, 1.807) is 12.1 Å². The topological polar surface area (TPSA) is 37.3 Å². The van der Waals surface area contributed by atoms with E-state index in [9.17, 15) is 4.79 Å². The van der Waals surface area contributed by atoms with Crippen molar-refractivity contribution in [3.8, 4) is 0 Å². The number of hydrogen-bond donors (Lipinski definition) is 1. The fourth-order valence-electron chi connectivity index (χ4n) is 2.52. The normalized spacial score (nSPS) is 11.2. The lowest BCUT2D eigenvalue weighted by atomic mass is 10.2. The van der Waals surface area contributed by atoms with E-state index in [4.69, 9.17) is 5.11 Å². The molecule has 3 aromatic carbocycles. The third-order valence-corrected chi connectivity index (χ3v) is 10.4. The molecular formula is C19H15BrO2P+. The van der Waals surface area contributed by atoms with Gasteiger partial charge in [-0.2, -0.15) is 0 Å². The van der Waals surface area contributed by atoms with E-state index < -0.39 is 11.9 Å². The van der Waals surface area contributed by atoms with Crippen LogP contribution in [0.4, 0.5) is 0 Å². The van der Waals surface area contributed by atoms with Crippen molar-refractivity contribution in [2.24, 2.45) is 0 Å². The molecule has 0 fully saturated rings. The molecule has 4 heteroatoms. The Labute approximate surface area is 143 Å². The van der Waals surface area contributed by atoms with Gasteiger partial charge in [-0.3, -0.25) is 0 Å². The van der Waals surface area contributed by atoms with Crippen LogP contribution in [0, 0.1) is 0 Å². The predicted molar refractivity (Wildman–Crippen MR) is 101 cm³/mol. The highest BCUT2D eigenvalue weighted by molar-refractivity contribution is 9.44. The van der Waals surface area contributed by atoms with Crippen LogP contribution in [-0.2, 0) is 0 Å². The van der Waals surface area contributed by atoms with Crippen molar-refractivity contribution in [3.63, 3.8) is 0 Å². The minimum atomic E-state index is -1.96. The van der Waals surface area contributed by atoms with Crippen LogP contribution in [-0.4, -0.2) is 11.1 Å². The molecule has 0 aromatic heterocycles. The Bertz CT molecular complexity index is 762. The summed E-state index contributed by atoms with van der Waals surface area (Å²) in [6, 6.07) is 27.7. The van der Waals surface area contributed by atoms with Crippen LogP contribution in [0.3, 0.4) is 0 Å². The second-order valence-corrected chi connectivity index (χ2v) is 11.0. The van der Waals surface area contributed by atoms with Gasteiger partial charge in [0, 0.05) is 0 Å². The Hall–Kier alpha value is -1.96. The molecule has 114 valence electrons. The maximum atomic E-state index is 11.1. The molecular weight excluding hydrogens is 371 g/mol. The Balaban J connectivity index is 2.18. The Morgan fingerprint density at radius 2 is 1.09 bits per heavy atom. The summed E-state index contributed by atoms with van der Waals surface area (Å²) in [5, 5.41) is 12.6. The number of hydrogen-bond acceptors (Lipinski definition) is 1. The molecule has 0 bridgehead atoms. The summed E-state index contributed by atoms with van der Waals surface area (Å²) >= 11 is 4.04. The molecule has 0 atom stereocenters. The van der Waals surface area contributed by atoms with Gasteiger partial charge in [-0.05, 0) is 48.5 Å². The molecule has 3 rings (SSSR count). The lowest BCUT2D eigenvalue weighted by Crippen LogP contribution is -2.26. The second-order valence-electron chi connectivity index (χ2n) is 5.11. The highest BCUT2D eigenvalue weighted by atomic mass is 79.9. The highest BCUT2D eigenvalue weighted by Crippen LogP contribution is 2.62. The van der Waals surface area contributed by atoms with Gasteiger partial charge in [-0.1, -0.05) is 36.4 Å². The van der Waals surface area contributed by atoms with E-state index in [-0.39, 0.29) is 0 Å². The molecule has 1 N–H and O–H groups in total. The Morgan fingerprint density at radius 1 is 0.696 bits per heavy atom. The van der Waals surface area contributed by atoms with Crippen LogP contribution in [0.2, 0.25) is 0 Å². The summed E-state index contributed by atoms with van der Waals surface area (Å²) in [7, 11) is 0. The van der Waals surface area contributed by atoms with Crippen LogP contribution in [0.5, 0.6) is 0 Å². The number of rotatable bonds is 4. The van der Waals surface area contributed by atoms with E-state index in [0.29, 0.717) is 5.56 Å². The zero-order valence-electron chi connectivity index (χ0n) is 12.3. The average molecular weight is 386 g/mol. The first kappa shape index (κ1) is 15.9. The molecule has 0 radical (unpaired) electrons. The summed E-state index contributed by atoms with van der Waals surface area (Å²) in [5.74, 6) is -2.86. The van der Waals surface area contributed by atoms with Crippen molar-refractivity contribution in [2.45, 2.75) is 0 Å². The third-order valence-electron chi connectivity index (χ3n) is 3.69. The van der Waals surface area contributed by atoms with Gasteiger partial charge in [0.2, 0.25) is 0 Å². The minimum Gasteiger partial charge on any atom is -0.478 e. The molecule has 0 aliphatic heterocycles. The first-order chi connectivity index (χ1) is 11.1. The van der Waals surface area contributed by atoms with Crippen LogP contribution in [0.1, 0.15) is 10.4 Å². The highest BCUT2D eigenvalue weighted by Gasteiger charge is 2.43. The molecule has 3 aromatic rings. The molecule has 0 saturated heterocycles. The van der Waals surface area contributed by atoms with Crippen LogP contribution in [0.25, 0.3) is 0 Å².